The summed E-state index contributed by atoms with van der Waals surface area (Å²) in [6.07, 6.45) is 3.26. The molecule has 0 aromatic carbocycles. The van der Waals surface area contributed by atoms with E-state index in [1.807, 2.05) is 0 Å². The fraction of sp³-hybridized carbons (Fsp3) is 0.909. The fourth-order valence-corrected chi connectivity index (χ4v) is 2.79. The zero-order valence-electron chi connectivity index (χ0n) is 8.84. The lowest BCUT2D eigenvalue weighted by Gasteiger charge is -2.37. The van der Waals surface area contributed by atoms with Crippen LogP contribution in [0.3, 0.4) is 0 Å². The van der Waals surface area contributed by atoms with E-state index in [4.69, 9.17) is 4.74 Å². The summed E-state index contributed by atoms with van der Waals surface area (Å²) < 4.78 is 5.15. The number of hydrogen-bond donors (Lipinski definition) is 0. The van der Waals surface area contributed by atoms with Crippen molar-refractivity contribution in [3.8, 4) is 6.07 Å². The van der Waals surface area contributed by atoms with Gasteiger partial charge < -0.3 is 4.74 Å². The maximum Gasteiger partial charge on any atom is 0.0811 e. The Labute approximate surface area is 80.9 Å². The maximum atomic E-state index is 9.18. The Hall–Kier alpha value is -0.550. The van der Waals surface area contributed by atoms with Crippen LogP contribution in [0.2, 0.25) is 0 Å². The summed E-state index contributed by atoms with van der Waals surface area (Å²) in [6.45, 7) is 5.06. The molecule has 0 bridgehead atoms. The van der Waals surface area contributed by atoms with Gasteiger partial charge in [-0.05, 0) is 31.1 Å². The molecule has 0 heterocycles. The van der Waals surface area contributed by atoms with Crippen molar-refractivity contribution in [3.05, 3.63) is 0 Å². The highest BCUT2D eigenvalue weighted by molar-refractivity contribution is 5.03. The molecule has 1 saturated carbocycles. The molecule has 1 rings (SSSR count). The van der Waals surface area contributed by atoms with Gasteiger partial charge in [-0.1, -0.05) is 13.8 Å². The Bertz CT molecular complexity index is 197. The van der Waals surface area contributed by atoms with E-state index in [1.54, 1.807) is 7.11 Å². The SMILES string of the molecule is COCC1(C#N)CC(C)CC(C)C1. The van der Waals surface area contributed by atoms with Crippen LogP contribution in [0.15, 0.2) is 0 Å². The minimum absolute atomic E-state index is 0.203. The van der Waals surface area contributed by atoms with E-state index in [0.717, 1.165) is 12.8 Å². The standard InChI is InChI=1S/C11H19NO/c1-9-4-10(2)6-11(5-9,7-12)8-13-3/h9-10H,4-6,8H2,1-3H3. The van der Waals surface area contributed by atoms with Gasteiger partial charge in [-0.2, -0.15) is 5.26 Å². The summed E-state index contributed by atoms with van der Waals surface area (Å²) in [5.74, 6) is 1.33. The minimum Gasteiger partial charge on any atom is -0.383 e. The van der Waals surface area contributed by atoms with Gasteiger partial charge in [0.1, 0.15) is 0 Å². The molecular weight excluding hydrogens is 162 g/mol. The largest absolute Gasteiger partial charge is 0.383 e. The average molecular weight is 181 g/mol. The van der Waals surface area contributed by atoms with Crippen molar-refractivity contribution in [2.75, 3.05) is 13.7 Å². The Morgan fingerprint density at radius 3 is 2.31 bits per heavy atom. The van der Waals surface area contributed by atoms with Gasteiger partial charge in [-0.3, -0.25) is 0 Å². The predicted molar refractivity (Wildman–Crippen MR) is 52.1 cm³/mol. The summed E-state index contributed by atoms with van der Waals surface area (Å²) in [5, 5.41) is 9.18. The quantitative estimate of drug-likeness (QED) is 0.656. The molecule has 0 N–H and O–H groups in total. The molecule has 13 heavy (non-hydrogen) atoms. The molecular formula is C11H19NO. The van der Waals surface area contributed by atoms with Gasteiger partial charge in [0.2, 0.25) is 0 Å². The lowest BCUT2D eigenvalue weighted by atomic mass is 9.67. The van der Waals surface area contributed by atoms with Crippen LogP contribution < -0.4 is 0 Å². The monoisotopic (exact) mass is 181 g/mol. The van der Waals surface area contributed by atoms with Crippen LogP contribution in [0.5, 0.6) is 0 Å². The van der Waals surface area contributed by atoms with Crippen molar-refractivity contribution in [1.82, 2.24) is 0 Å². The van der Waals surface area contributed by atoms with Crippen LogP contribution in [-0.4, -0.2) is 13.7 Å². The lowest BCUT2D eigenvalue weighted by Crippen LogP contribution is -2.34. The molecule has 2 nitrogen and oxygen atoms in total. The van der Waals surface area contributed by atoms with E-state index in [-0.39, 0.29) is 5.41 Å². The van der Waals surface area contributed by atoms with Gasteiger partial charge in [0.15, 0.2) is 0 Å². The van der Waals surface area contributed by atoms with Crippen molar-refractivity contribution in [2.45, 2.75) is 33.1 Å². The summed E-state index contributed by atoms with van der Waals surface area (Å²) in [5.41, 5.74) is -0.203. The van der Waals surface area contributed by atoms with Crippen molar-refractivity contribution >= 4 is 0 Å². The van der Waals surface area contributed by atoms with Crippen LogP contribution in [0, 0.1) is 28.6 Å². The minimum atomic E-state index is -0.203. The Kier molecular flexibility index (Phi) is 3.33. The highest BCUT2D eigenvalue weighted by Crippen LogP contribution is 2.41. The van der Waals surface area contributed by atoms with E-state index < -0.39 is 0 Å². The molecule has 0 amide bonds. The second-order valence-corrected chi connectivity index (χ2v) is 4.68. The van der Waals surface area contributed by atoms with Gasteiger partial charge in [-0.25, -0.2) is 0 Å². The van der Waals surface area contributed by atoms with Crippen molar-refractivity contribution < 1.29 is 4.74 Å². The van der Waals surface area contributed by atoms with Crippen LogP contribution in [-0.2, 0) is 4.74 Å². The number of nitrogens with zero attached hydrogens (tertiary/aromatic N) is 1. The molecule has 0 spiro atoms. The first-order valence-electron chi connectivity index (χ1n) is 5.02. The highest BCUT2D eigenvalue weighted by atomic mass is 16.5. The third kappa shape index (κ3) is 2.45. The normalized spacial score (nSPS) is 39.8. The molecule has 74 valence electrons. The number of ether oxygens (including phenoxy) is 1. The van der Waals surface area contributed by atoms with E-state index in [9.17, 15) is 5.26 Å². The highest BCUT2D eigenvalue weighted by Gasteiger charge is 2.38. The van der Waals surface area contributed by atoms with Crippen LogP contribution in [0.1, 0.15) is 33.1 Å². The van der Waals surface area contributed by atoms with Crippen molar-refractivity contribution in [3.63, 3.8) is 0 Å². The molecule has 1 fully saturated rings. The van der Waals surface area contributed by atoms with E-state index in [0.29, 0.717) is 18.4 Å². The summed E-state index contributed by atoms with van der Waals surface area (Å²) in [6, 6.07) is 2.45. The third-order valence-corrected chi connectivity index (χ3v) is 2.94. The zero-order chi connectivity index (χ0) is 9.90. The van der Waals surface area contributed by atoms with Crippen molar-refractivity contribution in [2.24, 2.45) is 17.3 Å². The summed E-state index contributed by atoms with van der Waals surface area (Å²) in [4.78, 5) is 0. The van der Waals surface area contributed by atoms with Gasteiger partial charge in [-0.15, -0.1) is 0 Å². The van der Waals surface area contributed by atoms with Crippen LogP contribution >= 0.6 is 0 Å². The first kappa shape index (κ1) is 10.5. The fourth-order valence-electron chi connectivity index (χ4n) is 2.79. The van der Waals surface area contributed by atoms with E-state index in [1.165, 1.54) is 6.42 Å². The molecule has 0 aliphatic heterocycles. The summed E-state index contributed by atoms with van der Waals surface area (Å²) in [7, 11) is 1.68. The number of nitriles is 1. The Morgan fingerprint density at radius 2 is 1.92 bits per heavy atom. The van der Waals surface area contributed by atoms with Gasteiger partial charge in [0.25, 0.3) is 0 Å². The first-order chi connectivity index (χ1) is 6.12. The average Bonchev–Trinajstić information content (AvgIpc) is 2.03. The second kappa shape index (κ2) is 4.11. The lowest BCUT2D eigenvalue weighted by molar-refractivity contribution is 0.0543. The molecule has 0 aromatic rings. The first-order valence-corrected chi connectivity index (χ1v) is 5.02. The van der Waals surface area contributed by atoms with Gasteiger partial charge in [0.05, 0.1) is 18.1 Å². The Balaban J connectivity index is 2.69. The third-order valence-electron chi connectivity index (χ3n) is 2.94. The molecule has 0 aromatic heterocycles. The molecule has 1 aliphatic rings. The second-order valence-electron chi connectivity index (χ2n) is 4.68. The molecule has 0 saturated heterocycles. The maximum absolute atomic E-state index is 9.18. The molecule has 2 atom stereocenters. The number of rotatable bonds is 2. The topological polar surface area (TPSA) is 33.0 Å². The molecule has 0 radical (unpaired) electrons. The number of methoxy groups -OCH3 is 1. The van der Waals surface area contributed by atoms with Crippen molar-refractivity contribution in [1.29, 1.82) is 5.26 Å². The van der Waals surface area contributed by atoms with Gasteiger partial charge >= 0.3 is 0 Å². The van der Waals surface area contributed by atoms with Crippen LogP contribution in [0.4, 0.5) is 0 Å². The molecule has 2 unspecified atom stereocenters. The Morgan fingerprint density at radius 1 is 1.38 bits per heavy atom. The zero-order valence-corrected chi connectivity index (χ0v) is 8.84. The summed E-state index contributed by atoms with van der Waals surface area (Å²) >= 11 is 0. The molecule has 2 heteroatoms. The van der Waals surface area contributed by atoms with Crippen LogP contribution in [0.25, 0.3) is 0 Å². The molecule has 1 aliphatic carbocycles. The number of hydrogen-bond acceptors (Lipinski definition) is 2. The van der Waals surface area contributed by atoms with Gasteiger partial charge in [0, 0.05) is 7.11 Å². The van der Waals surface area contributed by atoms with E-state index in [2.05, 4.69) is 19.9 Å². The predicted octanol–water partition coefficient (Wildman–Crippen LogP) is 2.60. The van der Waals surface area contributed by atoms with E-state index >= 15 is 0 Å². The smallest absolute Gasteiger partial charge is 0.0811 e.